The van der Waals surface area contributed by atoms with E-state index in [1.54, 1.807) is 20.8 Å². The van der Waals surface area contributed by atoms with Crippen LogP contribution in [0.3, 0.4) is 0 Å². The average Bonchev–Trinajstić information content (AvgIpc) is 2.69. The fourth-order valence-electron chi connectivity index (χ4n) is 2.71. The minimum absolute atomic E-state index is 0.0242. The van der Waals surface area contributed by atoms with Crippen LogP contribution in [0.2, 0.25) is 5.02 Å². The third kappa shape index (κ3) is 7.78. The number of halogens is 1. The molecule has 0 aromatic heterocycles. The lowest BCUT2D eigenvalue weighted by Crippen LogP contribution is -2.39. The molecule has 0 saturated carbocycles. The lowest BCUT2D eigenvalue weighted by atomic mass is 10.1. The lowest BCUT2D eigenvalue weighted by molar-refractivity contribution is -0.158. The van der Waals surface area contributed by atoms with Gasteiger partial charge in [-0.05, 0) is 69.0 Å². The molecule has 0 aliphatic rings. The molecule has 2 aromatic carbocycles. The van der Waals surface area contributed by atoms with Crippen LogP contribution in [-0.4, -0.2) is 30.6 Å². The van der Waals surface area contributed by atoms with Crippen LogP contribution >= 0.6 is 11.6 Å². The van der Waals surface area contributed by atoms with Crippen molar-refractivity contribution in [3.05, 3.63) is 64.7 Å². The van der Waals surface area contributed by atoms with Gasteiger partial charge in [0.1, 0.15) is 5.75 Å². The Morgan fingerprint density at radius 3 is 2.17 bits per heavy atom. The van der Waals surface area contributed by atoms with Gasteiger partial charge in [-0.3, -0.25) is 4.79 Å². The molecule has 1 amide bonds. The molecule has 0 aliphatic carbocycles. The first kappa shape index (κ1) is 22.8. The van der Waals surface area contributed by atoms with Crippen LogP contribution < -0.4 is 10.1 Å². The Bertz CT molecular complexity index is 801. The maximum Gasteiger partial charge on any atom is 0.349 e. The van der Waals surface area contributed by atoms with Crippen molar-refractivity contribution < 1.29 is 19.1 Å². The molecule has 156 valence electrons. The highest BCUT2D eigenvalue weighted by molar-refractivity contribution is 6.30. The number of ether oxygens (including phenoxy) is 2. The summed E-state index contributed by atoms with van der Waals surface area (Å²) in [6.07, 6.45) is 1.84. The highest BCUT2D eigenvalue weighted by Crippen LogP contribution is 2.20. The summed E-state index contributed by atoms with van der Waals surface area (Å²) in [4.78, 5) is 23.9. The number of carbonyl (C=O) groups is 2. The molecule has 0 atom stereocenters. The minimum Gasteiger partial charge on any atom is -0.476 e. The molecule has 6 heteroatoms. The van der Waals surface area contributed by atoms with Crippen LogP contribution in [0.4, 0.5) is 0 Å². The van der Waals surface area contributed by atoms with E-state index in [9.17, 15) is 9.59 Å². The summed E-state index contributed by atoms with van der Waals surface area (Å²) in [5.41, 5.74) is 1.12. The smallest absolute Gasteiger partial charge is 0.349 e. The largest absolute Gasteiger partial charge is 0.476 e. The Hall–Kier alpha value is -2.53. The fraction of sp³-hybridized carbons (Fsp3) is 0.391. The van der Waals surface area contributed by atoms with Gasteiger partial charge in [0.15, 0.2) is 5.60 Å². The topological polar surface area (TPSA) is 64.6 Å². The van der Waals surface area contributed by atoms with Gasteiger partial charge in [0, 0.05) is 18.0 Å². The van der Waals surface area contributed by atoms with Crippen LogP contribution in [0, 0.1) is 0 Å². The Labute approximate surface area is 177 Å². The van der Waals surface area contributed by atoms with Gasteiger partial charge in [0.25, 0.3) is 0 Å². The summed E-state index contributed by atoms with van der Waals surface area (Å²) in [5.74, 6) is 0.222. The number of hydrogen-bond donors (Lipinski definition) is 1. The molecular weight excluding hydrogens is 390 g/mol. The van der Waals surface area contributed by atoms with Gasteiger partial charge < -0.3 is 14.8 Å². The zero-order valence-corrected chi connectivity index (χ0v) is 17.9. The van der Waals surface area contributed by atoms with Gasteiger partial charge in [0.05, 0.1) is 6.61 Å². The summed E-state index contributed by atoms with van der Waals surface area (Å²) in [6.45, 7) is 6.00. The van der Waals surface area contributed by atoms with E-state index in [-0.39, 0.29) is 5.91 Å². The molecule has 0 bridgehead atoms. The van der Waals surface area contributed by atoms with Crippen molar-refractivity contribution in [2.45, 2.75) is 45.6 Å². The quantitative estimate of drug-likeness (QED) is 0.583. The molecule has 2 rings (SSSR count). The lowest BCUT2D eigenvalue weighted by Gasteiger charge is -2.24. The van der Waals surface area contributed by atoms with Crippen molar-refractivity contribution in [2.24, 2.45) is 0 Å². The second kappa shape index (κ2) is 10.9. The second-order valence-corrected chi connectivity index (χ2v) is 7.64. The molecule has 29 heavy (non-hydrogen) atoms. The van der Waals surface area contributed by atoms with Gasteiger partial charge in [0.2, 0.25) is 5.91 Å². The van der Waals surface area contributed by atoms with Gasteiger partial charge >= 0.3 is 5.97 Å². The van der Waals surface area contributed by atoms with Crippen LogP contribution in [0.1, 0.15) is 38.3 Å². The first-order valence-electron chi connectivity index (χ1n) is 9.76. The Balaban J connectivity index is 1.73. The molecule has 5 nitrogen and oxygen atoms in total. The number of esters is 1. The number of rotatable bonds is 10. The second-order valence-electron chi connectivity index (χ2n) is 7.20. The molecule has 0 unspecified atom stereocenters. The molecular formula is C23H28ClNO4. The molecule has 0 saturated heterocycles. The van der Waals surface area contributed by atoms with E-state index < -0.39 is 11.6 Å². The van der Waals surface area contributed by atoms with Gasteiger partial charge in [-0.2, -0.15) is 0 Å². The van der Waals surface area contributed by atoms with Crippen LogP contribution in [-0.2, 0) is 27.2 Å². The predicted octanol–water partition coefficient (Wildman–Crippen LogP) is 4.35. The minimum atomic E-state index is -1.05. The number of aryl methyl sites for hydroxylation is 1. The standard InChI is InChI=1S/C23H28ClNO4/c1-4-28-22(27)23(2,3)29-20-12-7-18(8-13-20)15-16-25-21(26)14-9-17-5-10-19(24)11-6-17/h5-8,10-13H,4,9,14-16H2,1-3H3,(H,25,26). The maximum atomic E-state index is 12.0. The average molecular weight is 418 g/mol. The van der Waals surface area contributed by atoms with E-state index in [1.807, 2.05) is 48.5 Å². The summed E-state index contributed by atoms with van der Waals surface area (Å²) in [5, 5.41) is 3.63. The Morgan fingerprint density at radius 1 is 0.966 bits per heavy atom. The van der Waals surface area contributed by atoms with Crippen LogP contribution in [0.15, 0.2) is 48.5 Å². The monoisotopic (exact) mass is 417 g/mol. The van der Waals surface area contributed by atoms with Crippen molar-refractivity contribution in [1.82, 2.24) is 5.32 Å². The Morgan fingerprint density at radius 2 is 1.55 bits per heavy atom. The summed E-state index contributed by atoms with van der Waals surface area (Å²) in [7, 11) is 0. The first-order chi connectivity index (χ1) is 13.8. The van der Waals surface area contributed by atoms with Crippen molar-refractivity contribution >= 4 is 23.5 Å². The van der Waals surface area contributed by atoms with Crippen molar-refractivity contribution in [2.75, 3.05) is 13.2 Å². The van der Waals surface area contributed by atoms with Crippen LogP contribution in [0.5, 0.6) is 5.75 Å². The zero-order valence-electron chi connectivity index (χ0n) is 17.2. The number of benzene rings is 2. The summed E-state index contributed by atoms with van der Waals surface area (Å²) >= 11 is 5.86. The molecule has 1 N–H and O–H groups in total. The molecule has 0 aliphatic heterocycles. The predicted molar refractivity (Wildman–Crippen MR) is 114 cm³/mol. The van der Waals surface area contributed by atoms with Crippen molar-refractivity contribution in [3.8, 4) is 5.75 Å². The van der Waals surface area contributed by atoms with Gasteiger partial charge in [-0.1, -0.05) is 35.9 Å². The fourth-order valence-corrected chi connectivity index (χ4v) is 2.83. The van der Waals surface area contributed by atoms with E-state index in [2.05, 4.69) is 5.32 Å². The number of carbonyl (C=O) groups excluding carboxylic acids is 2. The highest BCUT2D eigenvalue weighted by Gasteiger charge is 2.31. The first-order valence-corrected chi connectivity index (χ1v) is 10.1. The van der Waals surface area contributed by atoms with Crippen molar-refractivity contribution in [3.63, 3.8) is 0 Å². The summed E-state index contributed by atoms with van der Waals surface area (Å²) in [6, 6.07) is 15.0. The van der Waals surface area contributed by atoms with E-state index in [1.165, 1.54) is 0 Å². The zero-order chi connectivity index (χ0) is 21.3. The number of nitrogens with one attached hydrogen (secondary N) is 1. The third-order valence-corrected chi connectivity index (χ3v) is 4.61. The van der Waals surface area contributed by atoms with E-state index in [4.69, 9.17) is 21.1 Å². The molecule has 0 radical (unpaired) electrons. The SMILES string of the molecule is CCOC(=O)C(C)(C)Oc1ccc(CCNC(=O)CCc2ccc(Cl)cc2)cc1. The van der Waals surface area contributed by atoms with E-state index >= 15 is 0 Å². The van der Waals surface area contributed by atoms with E-state index in [0.29, 0.717) is 43.2 Å². The molecule has 0 spiro atoms. The van der Waals surface area contributed by atoms with Gasteiger partial charge in [-0.25, -0.2) is 4.79 Å². The number of hydrogen-bond acceptors (Lipinski definition) is 4. The molecule has 2 aromatic rings. The normalized spacial score (nSPS) is 11.0. The molecule has 0 heterocycles. The number of amides is 1. The van der Waals surface area contributed by atoms with Crippen LogP contribution in [0.25, 0.3) is 0 Å². The summed E-state index contributed by atoms with van der Waals surface area (Å²) < 4.78 is 10.8. The molecule has 0 fully saturated rings. The van der Waals surface area contributed by atoms with E-state index in [0.717, 1.165) is 11.1 Å². The van der Waals surface area contributed by atoms with Gasteiger partial charge in [-0.15, -0.1) is 0 Å². The maximum absolute atomic E-state index is 12.0. The van der Waals surface area contributed by atoms with Crippen molar-refractivity contribution in [1.29, 1.82) is 0 Å². The Kier molecular flexibility index (Phi) is 8.52. The highest BCUT2D eigenvalue weighted by atomic mass is 35.5. The third-order valence-electron chi connectivity index (χ3n) is 4.35.